The van der Waals surface area contributed by atoms with Crippen LogP contribution in [0.4, 0.5) is 0 Å². The van der Waals surface area contributed by atoms with Crippen LogP contribution in [-0.2, 0) is 9.47 Å². The smallest absolute Gasteiger partial charge is 0.0697 e. The second-order valence-electron chi connectivity index (χ2n) is 3.79. The van der Waals surface area contributed by atoms with E-state index in [0.29, 0.717) is 13.2 Å². The zero-order valence-corrected chi connectivity index (χ0v) is 10.2. The highest BCUT2D eigenvalue weighted by Gasteiger charge is 1.92. The third kappa shape index (κ3) is 13.8. The lowest BCUT2D eigenvalue weighted by molar-refractivity contribution is 0.0878. The summed E-state index contributed by atoms with van der Waals surface area (Å²) in [5, 5.41) is 17.0. The fourth-order valence-corrected chi connectivity index (χ4v) is 1.45. The molecule has 0 aliphatic carbocycles. The first-order valence-electron chi connectivity index (χ1n) is 6.29. The van der Waals surface area contributed by atoms with Crippen LogP contribution in [0.25, 0.3) is 0 Å². The van der Waals surface area contributed by atoms with E-state index >= 15 is 0 Å². The van der Waals surface area contributed by atoms with E-state index in [-0.39, 0.29) is 13.2 Å². The molecule has 4 nitrogen and oxygen atoms in total. The number of hydrogen-bond donors (Lipinski definition) is 2. The molecule has 0 rings (SSSR count). The molecule has 0 aromatic carbocycles. The van der Waals surface area contributed by atoms with Gasteiger partial charge in [-0.2, -0.15) is 0 Å². The molecule has 0 aliphatic heterocycles. The predicted octanol–water partition coefficient (Wildman–Crippen LogP) is 1.34. The molecule has 0 saturated heterocycles. The Kier molecular flexibility index (Phi) is 14.7. The van der Waals surface area contributed by atoms with Gasteiger partial charge in [0.15, 0.2) is 0 Å². The summed E-state index contributed by atoms with van der Waals surface area (Å²) in [5.74, 6) is 0. The third-order valence-electron chi connectivity index (χ3n) is 2.30. The molecule has 0 saturated carbocycles. The van der Waals surface area contributed by atoms with E-state index in [9.17, 15) is 0 Å². The molecular formula is C12H26O4. The standard InChI is InChI=1S/C12H26O4/c13-7-11-15-9-5-3-1-2-4-6-10-16-12-8-14/h13-14H,1-12H2. The van der Waals surface area contributed by atoms with Crippen molar-refractivity contribution in [3.8, 4) is 0 Å². The van der Waals surface area contributed by atoms with Gasteiger partial charge in [-0.1, -0.05) is 25.7 Å². The first-order valence-corrected chi connectivity index (χ1v) is 6.29. The molecule has 0 spiro atoms. The van der Waals surface area contributed by atoms with Crippen molar-refractivity contribution < 1.29 is 19.7 Å². The first kappa shape index (κ1) is 15.8. The summed E-state index contributed by atoms with van der Waals surface area (Å²) in [7, 11) is 0. The van der Waals surface area contributed by atoms with Crippen molar-refractivity contribution in [1.82, 2.24) is 0 Å². The Balaban J connectivity index is 2.83. The van der Waals surface area contributed by atoms with Crippen molar-refractivity contribution in [3.63, 3.8) is 0 Å². The lowest BCUT2D eigenvalue weighted by atomic mass is 10.1. The maximum Gasteiger partial charge on any atom is 0.0697 e. The van der Waals surface area contributed by atoms with Crippen molar-refractivity contribution in [2.24, 2.45) is 0 Å². The molecule has 0 heterocycles. The van der Waals surface area contributed by atoms with Crippen molar-refractivity contribution in [2.75, 3.05) is 39.6 Å². The van der Waals surface area contributed by atoms with E-state index in [1.165, 1.54) is 25.7 Å². The van der Waals surface area contributed by atoms with Crippen LogP contribution in [-0.4, -0.2) is 49.9 Å². The Morgan fingerprint density at radius 2 is 0.875 bits per heavy atom. The second-order valence-corrected chi connectivity index (χ2v) is 3.79. The first-order chi connectivity index (χ1) is 7.91. The van der Waals surface area contributed by atoms with Gasteiger partial charge in [0, 0.05) is 13.2 Å². The zero-order chi connectivity index (χ0) is 11.9. The Morgan fingerprint density at radius 1 is 0.500 bits per heavy atom. The van der Waals surface area contributed by atoms with Crippen molar-refractivity contribution in [2.45, 2.75) is 38.5 Å². The maximum atomic E-state index is 8.48. The average Bonchev–Trinajstić information content (AvgIpc) is 2.31. The van der Waals surface area contributed by atoms with Gasteiger partial charge >= 0.3 is 0 Å². The average molecular weight is 234 g/mol. The predicted molar refractivity (Wildman–Crippen MR) is 63.5 cm³/mol. The summed E-state index contributed by atoms with van der Waals surface area (Å²) in [6, 6.07) is 0. The van der Waals surface area contributed by atoms with Crippen LogP contribution < -0.4 is 0 Å². The summed E-state index contributed by atoms with van der Waals surface area (Å²) in [4.78, 5) is 0. The lowest BCUT2D eigenvalue weighted by Gasteiger charge is -2.03. The minimum absolute atomic E-state index is 0.119. The Hall–Kier alpha value is -0.160. The van der Waals surface area contributed by atoms with Gasteiger partial charge in [0.25, 0.3) is 0 Å². The van der Waals surface area contributed by atoms with E-state index in [1.54, 1.807) is 0 Å². The monoisotopic (exact) mass is 234 g/mol. The highest BCUT2D eigenvalue weighted by Crippen LogP contribution is 2.05. The Labute approximate surface area is 98.6 Å². The quantitative estimate of drug-likeness (QED) is 0.472. The Bertz CT molecular complexity index is 106. The van der Waals surface area contributed by atoms with Crippen molar-refractivity contribution in [3.05, 3.63) is 0 Å². The number of aliphatic hydroxyl groups is 2. The molecule has 0 aromatic heterocycles. The largest absolute Gasteiger partial charge is 0.394 e. The van der Waals surface area contributed by atoms with Crippen molar-refractivity contribution >= 4 is 0 Å². The molecule has 2 N–H and O–H groups in total. The van der Waals surface area contributed by atoms with E-state index in [0.717, 1.165) is 26.1 Å². The van der Waals surface area contributed by atoms with E-state index < -0.39 is 0 Å². The SMILES string of the molecule is OCCOCCCCCCCCOCCO. The van der Waals surface area contributed by atoms with Crippen LogP contribution in [0.1, 0.15) is 38.5 Å². The Morgan fingerprint density at radius 3 is 1.25 bits per heavy atom. The molecule has 98 valence electrons. The minimum Gasteiger partial charge on any atom is -0.394 e. The van der Waals surface area contributed by atoms with Crippen molar-refractivity contribution in [1.29, 1.82) is 0 Å². The van der Waals surface area contributed by atoms with Gasteiger partial charge < -0.3 is 19.7 Å². The van der Waals surface area contributed by atoms with E-state index in [2.05, 4.69) is 0 Å². The molecule has 4 heteroatoms. The van der Waals surface area contributed by atoms with E-state index in [1.807, 2.05) is 0 Å². The molecule has 0 aromatic rings. The normalized spacial score (nSPS) is 10.9. The van der Waals surface area contributed by atoms with E-state index in [4.69, 9.17) is 19.7 Å². The molecule has 0 radical (unpaired) electrons. The molecule has 0 unspecified atom stereocenters. The lowest BCUT2D eigenvalue weighted by Crippen LogP contribution is -2.01. The molecule has 16 heavy (non-hydrogen) atoms. The van der Waals surface area contributed by atoms with Crippen LogP contribution in [0.5, 0.6) is 0 Å². The van der Waals surface area contributed by atoms with Gasteiger partial charge in [-0.3, -0.25) is 0 Å². The summed E-state index contributed by atoms with van der Waals surface area (Å²) < 4.78 is 10.3. The van der Waals surface area contributed by atoms with Crippen LogP contribution >= 0.6 is 0 Å². The second kappa shape index (κ2) is 14.8. The highest BCUT2D eigenvalue weighted by atomic mass is 16.5. The highest BCUT2D eigenvalue weighted by molar-refractivity contribution is 4.45. The number of aliphatic hydroxyl groups excluding tert-OH is 2. The third-order valence-corrected chi connectivity index (χ3v) is 2.30. The number of unbranched alkanes of at least 4 members (excludes halogenated alkanes) is 5. The molecule has 0 aliphatic rings. The van der Waals surface area contributed by atoms with Gasteiger partial charge in [-0.05, 0) is 12.8 Å². The fourth-order valence-electron chi connectivity index (χ4n) is 1.45. The number of hydrogen-bond acceptors (Lipinski definition) is 4. The number of ether oxygens (including phenoxy) is 2. The molecule has 0 atom stereocenters. The summed E-state index contributed by atoms with van der Waals surface area (Å²) >= 11 is 0. The van der Waals surface area contributed by atoms with Gasteiger partial charge in [0.2, 0.25) is 0 Å². The molecular weight excluding hydrogens is 208 g/mol. The topological polar surface area (TPSA) is 58.9 Å². The van der Waals surface area contributed by atoms with Crippen LogP contribution in [0.2, 0.25) is 0 Å². The minimum atomic E-state index is 0.119. The summed E-state index contributed by atoms with van der Waals surface area (Å²) in [5.41, 5.74) is 0. The van der Waals surface area contributed by atoms with Gasteiger partial charge in [-0.15, -0.1) is 0 Å². The zero-order valence-electron chi connectivity index (χ0n) is 10.2. The summed E-state index contributed by atoms with van der Waals surface area (Å²) in [6.07, 6.45) is 7.04. The maximum absolute atomic E-state index is 8.48. The molecule has 0 fully saturated rings. The van der Waals surface area contributed by atoms with Gasteiger partial charge in [-0.25, -0.2) is 0 Å². The molecule has 0 amide bonds. The van der Waals surface area contributed by atoms with Gasteiger partial charge in [0.05, 0.1) is 26.4 Å². The van der Waals surface area contributed by atoms with Gasteiger partial charge in [0.1, 0.15) is 0 Å². The van der Waals surface area contributed by atoms with Crippen LogP contribution in [0.15, 0.2) is 0 Å². The van der Waals surface area contributed by atoms with Crippen LogP contribution in [0.3, 0.4) is 0 Å². The fraction of sp³-hybridized carbons (Fsp3) is 1.00. The summed E-state index contributed by atoms with van der Waals surface area (Å²) in [6.45, 7) is 2.69. The van der Waals surface area contributed by atoms with Crippen LogP contribution in [0, 0.1) is 0 Å². The molecule has 0 bridgehead atoms. The number of rotatable bonds is 13.